The monoisotopic (exact) mass is 330 g/mol. The summed E-state index contributed by atoms with van der Waals surface area (Å²) in [6.45, 7) is 0.221. The molecule has 118 valence electrons. The lowest BCUT2D eigenvalue weighted by Crippen LogP contribution is -2.23. The molecule has 0 N–H and O–H groups in total. The topological polar surface area (TPSA) is 78.5 Å². The second-order valence-electron chi connectivity index (χ2n) is 5.50. The lowest BCUT2D eigenvalue weighted by atomic mass is 10.3. The highest BCUT2D eigenvalue weighted by molar-refractivity contribution is 7.16. The molecule has 0 aromatic carbocycles. The van der Waals surface area contributed by atoms with Crippen molar-refractivity contribution in [1.82, 2.24) is 19.2 Å². The van der Waals surface area contributed by atoms with Gasteiger partial charge in [-0.2, -0.15) is 9.61 Å². The van der Waals surface area contributed by atoms with Gasteiger partial charge in [-0.05, 0) is 25.0 Å². The molecule has 7 nitrogen and oxygen atoms in total. The Labute approximate surface area is 134 Å². The lowest BCUT2D eigenvalue weighted by Gasteiger charge is -2.06. The summed E-state index contributed by atoms with van der Waals surface area (Å²) in [6, 6.07) is 4.76. The van der Waals surface area contributed by atoms with Gasteiger partial charge in [0.1, 0.15) is 5.01 Å². The summed E-state index contributed by atoms with van der Waals surface area (Å²) < 4.78 is 7.84. The Balaban J connectivity index is 1.74. The maximum Gasteiger partial charge on any atom is 0.293 e. The van der Waals surface area contributed by atoms with Crippen LogP contribution in [0.1, 0.15) is 29.5 Å². The first-order valence-electron chi connectivity index (χ1n) is 7.29. The van der Waals surface area contributed by atoms with Gasteiger partial charge in [0.2, 0.25) is 4.96 Å². The van der Waals surface area contributed by atoms with Crippen LogP contribution in [0.4, 0.5) is 0 Å². The molecule has 0 radical (unpaired) electrons. The van der Waals surface area contributed by atoms with Crippen molar-refractivity contribution in [1.29, 1.82) is 0 Å². The van der Waals surface area contributed by atoms with Gasteiger partial charge in [0, 0.05) is 18.2 Å². The first-order chi connectivity index (χ1) is 11.2. The van der Waals surface area contributed by atoms with Gasteiger partial charge >= 0.3 is 0 Å². The maximum absolute atomic E-state index is 12.2. The fourth-order valence-electron chi connectivity index (χ4n) is 2.42. The highest BCUT2D eigenvalue weighted by Crippen LogP contribution is 2.41. The zero-order valence-corrected chi connectivity index (χ0v) is 13.2. The molecule has 23 heavy (non-hydrogen) atoms. The second-order valence-corrected chi connectivity index (χ2v) is 6.49. The summed E-state index contributed by atoms with van der Waals surface area (Å²) in [5.74, 6) is 0.740. The number of hydrogen-bond acceptors (Lipinski definition) is 6. The van der Waals surface area contributed by atoms with E-state index in [0.717, 1.165) is 17.8 Å². The van der Waals surface area contributed by atoms with Gasteiger partial charge in [-0.15, -0.1) is 0 Å². The minimum atomic E-state index is -0.250. The minimum absolute atomic E-state index is 0.218. The smallest absolute Gasteiger partial charge is 0.293 e. The molecule has 0 atom stereocenters. The number of hydrogen-bond donors (Lipinski definition) is 0. The molecule has 0 unspecified atom stereocenters. The van der Waals surface area contributed by atoms with Gasteiger partial charge in [-0.3, -0.25) is 9.59 Å². The number of methoxy groups -OCH3 is 1. The molecule has 1 fully saturated rings. The Hall–Kier alpha value is -2.48. The Morgan fingerprint density at radius 2 is 2.22 bits per heavy atom. The number of aromatic nitrogens is 4. The van der Waals surface area contributed by atoms with Gasteiger partial charge in [-0.1, -0.05) is 11.3 Å². The molecule has 0 saturated heterocycles. The van der Waals surface area contributed by atoms with Crippen molar-refractivity contribution < 1.29 is 4.74 Å². The van der Waals surface area contributed by atoms with E-state index in [1.165, 1.54) is 33.6 Å². The van der Waals surface area contributed by atoms with Gasteiger partial charge in [-0.25, -0.2) is 4.98 Å². The Morgan fingerprint density at radius 3 is 2.96 bits per heavy atom. The molecular formula is C15H14N4O3S. The number of rotatable bonds is 4. The van der Waals surface area contributed by atoms with E-state index in [1.807, 2.05) is 0 Å². The average Bonchev–Trinajstić information content (AvgIpc) is 3.29. The highest BCUT2D eigenvalue weighted by atomic mass is 32.1. The highest BCUT2D eigenvalue weighted by Gasteiger charge is 2.28. The molecule has 0 aliphatic heterocycles. The third kappa shape index (κ3) is 2.55. The Morgan fingerprint density at radius 1 is 1.39 bits per heavy atom. The predicted molar refractivity (Wildman–Crippen MR) is 85.5 cm³/mol. The molecule has 1 aliphatic carbocycles. The van der Waals surface area contributed by atoms with Crippen LogP contribution in [0.3, 0.4) is 0 Å². The molecule has 3 heterocycles. The van der Waals surface area contributed by atoms with Crippen LogP contribution in [0.15, 0.2) is 34.0 Å². The average molecular weight is 330 g/mol. The molecule has 8 heteroatoms. The van der Waals surface area contributed by atoms with Crippen molar-refractivity contribution in [2.75, 3.05) is 7.11 Å². The number of ether oxygens (including phenoxy) is 1. The summed E-state index contributed by atoms with van der Waals surface area (Å²) in [5, 5.41) is 5.30. The molecule has 3 aromatic heterocycles. The van der Waals surface area contributed by atoms with E-state index >= 15 is 0 Å². The van der Waals surface area contributed by atoms with Crippen molar-refractivity contribution in [2.45, 2.75) is 25.3 Å². The van der Waals surface area contributed by atoms with Crippen molar-refractivity contribution in [3.05, 3.63) is 55.8 Å². The zero-order chi connectivity index (χ0) is 16.0. The first kappa shape index (κ1) is 14.1. The van der Waals surface area contributed by atoms with Gasteiger partial charge in [0.15, 0.2) is 5.75 Å². The summed E-state index contributed by atoms with van der Waals surface area (Å²) >= 11 is 1.45. The molecule has 4 rings (SSSR count). The number of fused-ring (bicyclic) bond motifs is 1. The van der Waals surface area contributed by atoms with Gasteiger partial charge in [0.05, 0.1) is 19.3 Å². The van der Waals surface area contributed by atoms with Crippen LogP contribution in [0.2, 0.25) is 0 Å². The number of pyridine rings is 1. The summed E-state index contributed by atoms with van der Waals surface area (Å²) in [5.41, 5.74) is 0.0698. The fraction of sp³-hybridized carbons (Fsp3) is 0.333. The zero-order valence-electron chi connectivity index (χ0n) is 12.4. The van der Waals surface area contributed by atoms with E-state index < -0.39 is 0 Å². The number of nitrogens with zero attached hydrogens (tertiary/aromatic N) is 4. The Kier molecular flexibility index (Phi) is 3.26. The lowest BCUT2D eigenvalue weighted by molar-refractivity contribution is 0.403. The third-order valence-electron chi connectivity index (χ3n) is 3.78. The van der Waals surface area contributed by atoms with Gasteiger partial charge < -0.3 is 9.30 Å². The van der Waals surface area contributed by atoms with Gasteiger partial charge in [0.25, 0.3) is 11.1 Å². The van der Waals surface area contributed by atoms with Crippen molar-refractivity contribution in [3.8, 4) is 5.75 Å². The predicted octanol–water partition coefficient (Wildman–Crippen LogP) is 1.25. The summed E-state index contributed by atoms with van der Waals surface area (Å²) in [7, 11) is 1.45. The standard InChI is InChI=1S/C15H14N4O3S/c1-22-11-3-2-6-18(14(11)21)8-10-7-12(20)19-15(16-10)23-13(17-19)9-4-5-9/h2-3,6-7,9H,4-5,8H2,1H3. The third-order valence-corrected chi connectivity index (χ3v) is 4.85. The fourth-order valence-corrected chi connectivity index (χ4v) is 3.51. The first-order valence-corrected chi connectivity index (χ1v) is 8.10. The van der Waals surface area contributed by atoms with E-state index in [1.54, 1.807) is 18.3 Å². The quantitative estimate of drug-likeness (QED) is 0.719. The maximum atomic E-state index is 12.2. The van der Waals surface area contributed by atoms with Crippen molar-refractivity contribution >= 4 is 16.3 Å². The van der Waals surface area contributed by atoms with E-state index in [9.17, 15) is 9.59 Å². The van der Waals surface area contributed by atoms with Crippen LogP contribution >= 0.6 is 11.3 Å². The van der Waals surface area contributed by atoms with Crippen LogP contribution in [-0.2, 0) is 6.54 Å². The van der Waals surface area contributed by atoms with Crippen LogP contribution in [0.5, 0.6) is 5.75 Å². The summed E-state index contributed by atoms with van der Waals surface area (Å²) in [4.78, 5) is 29.4. The molecule has 3 aromatic rings. The van der Waals surface area contributed by atoms with Crippen molar-refractivity contribution in [3.63, 3.8) is 0 Å². The van der Waals surface area contributed by atoms with Crippen LogP contribution in [0, 0.1) is 0 Å². The Bertz CT molecular complexity index is 1000. The summed E-state index contributed by atoms with van der Waals surface area (Å²) in [6.07, 6.45) is 3.90. The van der Waals surface area contributed by atoms with E-state index in [4.69, 9.17) is 4.74 Å². The molecular weight excluding hydrogens is 316 g/mol. The molecule has 1 aliphatic rings. The SMILES string of the molecule is COc1cccn(Cc2cc(=O)n3nc(C4CC4)sc3n2)c1=O. The van der Waals surface area contributed by atoms with E-state index in [0.29, 0.717) is 16.6 Å². The molecule has 0 spiro atoms. The molecule has 0 bridgehead atoms. The molecule has 0 amide bonds. The molecule has 1 saturated carbocycles. The van der Waals surface area contributed by atoms with Crippen LogP contribution in [-0.4, -0.2) is 26.3 Å². The second kappa shape index (κ2) is 5.31. The van der Waals surface area contributed by atoms with E-state index in [-0.39, 0.29) is 23.4 Å². The van der Waals surface area contributed by atoms with Crippen LogP contribution in [0.25, 0.3) is 4.96 Å². The largest absolute Gasteiger partial charge is 0.491 e. The van der Waals surface area contributed by atoms with Crippen LogP contribution < -0.4 is 15.9 Å². The van der Waals surface area contributed by atoms with Crippen molar-refractivity contribution in [2.24, 2.45) is 0 Å². The minimum Gasteiger partial charge on any atom is -0.491 e. The van der Waals surface area contributed by atoms with E-state index in [2.05, 4.69) is 10.1 Å². The normalized spacial score (nSPS) is 14.3.